The second kappa shape index (κ2) is 6.17. The molecule has 2 rings (SSSR count). The zero-order chi connectivity index (χ0) is 14.7. The van der Waals surface area contributed by atoms with Crippen LogP contribution in [-0.4, -0.2) is 22.1 Å². The molecular formula is C14H20N4OS. The smallest absolute Gasteiger partial charge is 0.263 e. The molecule has 0 saturated heterocycles. The third kappa shape index (κ3) is 3.07. The molecule has 3 N–H and O–H groups in total. The summed E-state index contributed by atoms with van der Waals surface area (Å²) in [5, 5.41) is 11.6. The molecule has 2 aromatic rings. The number of nitrogens with zero attached hydrogens (tertiary/aromatic N) is 2. The van der Waals surface area contributed by atoms with Gasteiger partial charge in [0.2, 0.25) is 0 Å². The van der Waals surface area contributed by atoms with Gasteiger partial charge in [-0.2, -0.15) is 5.10 Å². The van der Waals surface area contributed by atoms with Crippen molar-refractivity contribution in [1.29, 1.82) is 0 Å². The van der Waals surface area contributed by atoms with Crippen LogP contribution in [0.15, 0.2) is 12.3 Å². The molecule has 0 bridgehead atoms. The Labute approximate surface area is 122 Å². The fourth-order valence-corrected chi connectivity index (χ4v) is 3.10. The van der Waals surface area contributed by atoms with E-state index >= 15 is 0 Å². The molecule has 2 atom stereocenters. The first-order chi connectivity index (χ1) is 9.52. The second-order valence-electron chi connectivity index (χ2n) is 5.22. The number of carbonyl (C=O) groups is 1. The molecule has 0 fully saturated rings. The lowest BCUT2D eigenvalue weighted by atomic mass is 10.0. The molecule has 6 heteroatoms. The summed E-state index contributed by atoms with van der Waals surface area (Å²) in [5.74, 6) is 0.470. The van der Waals surface area contributed by atoms with Crippen LogP contribution in [0.2, 0.25) is 0 Å². The molecule has 0 radical (unpaired) electrons. The molecule has 0 aliphatic rings. The summed E-state index contributed by atoms with van der Waals surface area (Å²) in [7, 11) is 0. The predicted molar refractivity (Wildman–Crippen MR) is 82.8 cm³/mol. The Kier molecular flexibility index (Phi) is 4.54. The third-order valence-corrected chi connectivity index (χ3v) is 4.56. The number of amides is 1. The molecule has 2 aromatic heterocycles. The fraction of sp³-hybridized carbons (Fsp3) is 0.500. The summed E-state index contributed by atoms with van der Waals surface area (Å²) < 4.78 is 0. The predicted octanol–water partition coefficient (Wildman–Crippen LogP) is 2.83. The van der Waals surface area contributed by atoms with Gasteiger partial charge in [-0.15, -0.1) is 16.4 Å². The van der Waals surface area contributed by atoms with Crippen molar-refractivity contribution in [3.63, 3.8) is 0 Å². The van der Waals surface area contributed by atoms with Gasteiger partial charge in [0.05, 0.1) is 11.9 Å². The maximum atomic E-state index is 12.3. The fourth-order valence-electron chi connectivity index (χ4n) is 2.16. The standard InChI is InChI=1S/C14H20N4OS/c1-4-8(2)7-9(3)17-13(19)12-11(15)10-5-6-16-18-14(10)20-12/h5-6,8-9H,4,7,15H2,1-3H3,(H,17,19). The van der Waals surface area contributed by atoms with Gasteiger partial charge in [0.15, 0.2) is 0 Å². The zero-order valence-corrected chi connectivity index (χ0v) is 12.8. The highest BCUT2D eigenvalue weighted by Crippen LogP contribution is 2.31. The highest BCUT2D eigenvalue weighted by atomic mass is 32.1. The van der Waals surface area contributed by atoms with Crippen molar-refractivity contribution in [2.45, 2.75) is 39.7 Å². The van der Waals surface area contributed by atoms with Crippen molar-refractivity contribution < 1.29 is 4.79 Å². The summed E-state index contributed by atoms with van der Waals surface area (Å²) in [6, 6.07) is 1.92. The number of anilines is 1. The largest absolute Gasteiger partial charge is 0.397 e. The van der Waals surface area contributed by atoms with Crippen LogP contribution in [0.5, 0.6) is 0 Å². The van der Waals surface area contributed by atoms with E-state index in [1.165, 1.54) is 11.3 Å². The zero-order valence-electron chi connectivity index (χ0n) is 12.0. The Balaban J connectivity index is 2.13. The monoisotopic (exact) mass is 292 g/mol. The quantitative estimate of drug-likeness (QED) is 0.888. The Bertz CT molecular complexity index is 610. The van der Waals surface area contributed by atoms with Crippen molar-refractivity contribution >= 4 is 33.1 Å². The lowest BCUT2D eigenvalue weighted by Gasteiger charge is -2.17. The van der Waals surface area contributed by atoms with Gasteiger partial charge in [-0.05, 0) is 25.3 Å². The minimum atomic E-state index is -0.124. The van der Waals surface area contributed by atoms with Gasteiger partial charge in [0, 0.05) is 11.4 Å². The maximum absolute atomic E-state index is 12.3. The van der Waals surface area contributed by atoms with E-state index in [1.807, 2.05) is 6.92 Å². The van der Waals surface area contributed by atoms with Gasteiger partial charge in [-0.25, -0.2) is 0 Å². The molecule has 2 heterocycles. The number of aromatic nitrogens is 2. The number of nitrogens with one attached hydrogen (secondary N) is 1. The average Bonchev–Trinajstić information content (AvgIpc) is 2.76. The number of fused-ring (bicyclic) bond motifs is 1. The first-order valence-corrected chi connectivity index (χ1v) is 7.65. The van der Waals surface area contributed by atoms with E-state index in [1.54, 1.807) is 12.3 Å². The number of nitrogen functional groups attached to an aromatic ring is 1. The van der Waals surface area contributed by atoms with Crippen molar-refractivity contribution in [2.24, 2.45) is 5.92 Å². The number of rotatable bonds is 5. The Morgan fingerprint density at radius 1 is 1.50 bits per heavy atom. The molecule has 0 spiro atoms. The van der Waals surface area contributed by atoms with Crippen LogP contribution in [0.4, 0.5) is 5.69 Å². The van der Waals surface area contributed by atoms with Crippen LogP contribution in [-0.2, 0) is 0 Å². The Hall–Kier alpha value is -1.69. The molecule has 0 aliphatic carbocycles. The van der Waals surface area contributed by atoms with Crippen molar-refractivity contribution in [1.82, 2.24) is 15.5 Å². The van der Waals surface area contributed by atoms with Crippen molar-refractivity contribution in [3.05, 3.63) is 17.1 Å². The Morgan fingerprint density at radius 2 is 2.25 bits per heavy atom. The van der Waals surface area contributed by atoms with Crippen LogP contribution in [0.3, 0.4) is 0 Å². The topological polar surface area (TPSA) is 80.9 Å². The summed E-state index contributed by atoms with van der Waals surface area (Å²) in [4.78, 5) is 13.5. The van der Waals surface area contributed by atoms with Gasteiger partial charge < -0.3 is 11.1 Å². The number of thiophene rings is 1. The summed E-state index contributed by atoms with van der Waals surface area (Å²) in [6.07, 6.45) is 3.66. The van der Waals surface area contributed by atoms with E-state index in [2.05, 4.69) is 29.4 Å². The molecule has 0 aromatic carbocycles. The van der Waals surface area contributed by atoms with E-state index in [0.29, 0.717) is 21.3 Å². The third-order valence-electron chi connectivity index (χ3n) is 3.46. The molecule has 20 heavy (non-hydrogen) atoms. The lowest BCUT2D eigenvalue weighted by molar-refractivity contribution is 0.0940. The van der Waals surface area contributed by atoms with Crippen molar-refractivity contribution in [2.75, 3.05) is 5.73 Å². The molecule has 1 amide bonds. The minimum absolute atomic E-state index is 0.124. The van der Waals surface area contributed by atoms with Gasteiger partial charge >= 0.3 is 0 Å². The van der Waals surface area contributed by atoms with E-state index in [-0.39, 0.29) is 11.9 Å². The van der Waals surface area contributed by atoms with E-state index in [4.69, 9.17) is 5.73 Å². The molecular weight excluding hydrogens is 272 g/mol. The second-order valence-corrected chi connectivity index (χ2v) is 6.22. The first-order valence-electron chi connectivity index (χ1n) is 6.83. The van der Waals surface area contributed by atoms with E-state index < -0.39 is 0 Å². The lowest BCUT2D eigenvalue weighted by Crippen LogP contribution is -2.33. The molecule has 108 valence electrons. The highest BCUT2D eigenvalue weighted by molar-refractivity contribution is 7.21. The summed E-state index contributed by atoms with van der Waals surface area (Å²) in [5.41, 5.74) is 6.52. The summed E-state index contributed by atoms with van der Waals surface area (Å²) >= 11 is 1.29. The van der Waals surface area contributed by atoms with Crippen LogP contribution in [0.1, 0.15) is 43.3 Å². The van der Waals surface area contributed by atoms with Crippen molar-refractivity contribution in [3.8, 4) is 0 Å². The number of hydrogen-bond acceptors (Lipinski definition) is 5. The van der Waals surface area contributed by atoms with Gasteiger partial charge in [0.1, 0.15) is 9.71 Å². The maximum Gasteiger partial charge on any atom is 0.263 e. The van der Waals surface area contributed by atoms with Crippen LogP contribution in [0.25, 0.3) is 10.2 Å². The SMILES string of the molecule is CCC(C)CC(C)NC(=O)c1sc2nnccc2c1N. The van der Waals surface area contributed by atoms with E-state index in [0.717, 1.165) is 18.2 Å². The summed E-state index contributed by atoms with van der Waals surface area (Å²) in [6.45, 7) is 6.36. The van der Waals surface area contributed by atoms with Gasteiger partial charge in [-0.1, -0.05) is 20.3 Å². The van der Waals surface area contributed by atoms with Crippen LogP contribution >= 0.6 is 11.3 Å². The van der Waals surface area contributed by atoms with E-state index in [9.17, 15) is 4.79 Å². The number of carbonyl (C=O) groups excluding carboxylic acids is 1. The molecule has 0 aliphatic heterocycles. The molecule has 5 nitrogen and oxygen atoms in total. The van der Waals surface area contributed by atoms with Gasteiger partial charge in [-0.3, -0.25) is 4.79 Å². The number of nitrogens with two attached hydrogens (primary N) is 1. The van der Waals surface area contributed by atoms with Crippen LogP contribution in [0, 0.1) is 5.92 Å². The first kappa shape index (κ1) is 14.7. The molecule has 0 saturated carbocycles. The average molecular weight is 292 g/mol. The Morgan fingerprint density at radius 3 is 2.90 bits per heavy atom. The highest BCUT2D eigenvalue weighted by Gasteiger charge is 2.19. The minimum Gasteiger partial charge on any atom is -0.397 e. The number of hydrogen-bond donors (Lipinski definition) is 2. The normalized spacial score (nSPS) is 14.2. The van der Waals surface area contributed by atoms with Crippen LogP contribution < -0.4 is 11.1 Å². The van der Waals surface area contributed by atoms with Gasteiger partial charge in [0.25, 0.3) is 5.91 Å². The molecule has 2 unspecified atom stereocenters.